The number of hydrogen-bond donors (Lipinski definition) is 1. The highest BCUT2D eigenvalue weighted by atomic mass is 19.1. The lowest BCUT2D eigenvalue weighted by Crippen LogP contribution is -2.34. The SMILES string of the molecule is Fc1ccc2c(c1)nc(CCC1CCCCN1)n2C1CC1. The molecule has 0 radical (unpaired) electrons. The number of benzene rings is 1. The Labute approximate surface area is 124 Å². The lowest BCUT2D eigenvalue weighted by Gasteiger charge is -2.23. The molecular weight excluding hydrogens is 265 g/mol. The fourth-order valence-corrected chi connectivity index (χ4v) is 3.51. The van der Waals surface area contributed by atoms with Gasteiger partial charge in [-0.15, -0.1) is 0 Å². The third-order valence-corrected chi connectivity index (χ3v) is 4.77. The van der Waals surface area contributed by atoms with Gasteiger partial charge in [0, 0.05) is 24.6 Å². The van der Waals surface area contributed by atoms with Gasteiger partial charge in [0.25, 0.3) is 0 Å². The molecule has 1 saturated carbocycles. The third kappa shape index (κ3) is 2.69. The Morgan fingerprint density at radius 1 is 1.24 bits per heavy atom. The van der Waals surface area contributed by atoms with Crippen molar-refractivity contribution < 1.29 is 4.39 Å². The quantitative estimate of drug-likeness (QED) is 0.931. The standard InChI is InChI=1S/C17H22FN3/c18-12-4-8-16-15(11-12)20-17(21(16)14-6-7-14)9-5-13-3-1-2-10-19-13/h4,8,11,13-14,19H,1-3,5-7,9-10H2. The minimum absolute atomic E-state index is 0.191. The minimum Gasteiger partial charge on any atom is -0.325 e. The number of imidazole rings is 1. The molecule has 0 bridgehead atoms. The molecule has 1 aromatic carbocycles. The predicted octanol–water partition coefficient (Wildman–Crippen LogP) is 3.59. The van der Waals surface area contributed by atoms with Crippen molar-refractivity contribution in [2.75, 3.05) is 6.54 Å². The Morgan fingerprint density at radius 2 is 2.14 bits per heavy atom. The van der Waals surface area contributed by atoms with Gasteiger partial charge in [-0.25, -0.2) is 9.37 Å². The molecule has 4 heteroatoms. The van der Waals surface area contributed by atoms with Gasteiger partial charge in [-0.2, -0.15) is 0 Å². The third-order valence-electron chi connectivity index (χ3n) is 4.77. The molecular formula is C17H22FN3. The maximum absolute atomic E-state index is 13.4. The lowest BCUT2D eigenvalue weighted by atomic mass is 10.0. The summed E-state index contributed by atoms with van der Waals surface area (Å²) < 4.78 is 15.8. The van der Waals surface area contributed by atoms with E-state index in [1.165, 1.54) is 32.1 Å². The van der Waals surface area contributed by atoms with Gasteiger partial charge in [-0.3, -0.25) is 0 Å². The molecule has 0 spiro atoms. The average molecular weight is 287 g/mol. The number of rotatable bonds is 4. The summed E-state index contributed by atoms with van der Waals surface area (Å²) in [4.78, 5) is 4.71. The highest BCUT2D eigenvalue weighted by Gasteiger charge is 2.28. The molecule has 2 heterocycles. The number of nitrogens with one attached hydrogen (secondary N) is 1. The topological polar surface area (TPSA) is 29.9 Å². The van der Waals surface area contributed by atoms with Crippen LogP contribution in [-0.4, -0.2) is 22.1 Å². The van der Waals surface area contributed by atoms with Crippen molar-refractivity contribution in [3.63, 3.8) is 0 Å². The van der Waals surface area contributed by atoms with Crippen molar-refractivity contribution in [3.8, 4) is 0 Å². The van der Waals surface area contributed by atoms with E-state index < -0.39 is 0 Å². The van der Waals surface area contributed by atoms with Crippen LogP contribution < -0.4 is 5.32 Å². The number of halogens is 1. The fraction of sp³-hybridized carbons (Fsp3) is 0.588. The molecule has 2 aromatic rings. The van der Waals surface area contributed by atoms with Crippen molar-refractivity contribution in [1.82, 2.24) is 14.9 Å². The second-order valence-corrected chi connectivity index (χ2v) is 6.45. The van der Waals surface area contributed by atoms with Crippen LogP contribution in [-0.2, 0) is 6.42 Å². The molecule has 1 aromatic heterocycles. The largest absolute Gasteiger partial charge is 0.325 e. The number of aryl methyl sites for hydroxylation is 1. The number of fused-ring (bicyclic) bond motifs is 1. The number of nitrogens with zero attached hydrogens (tertiary/aromatic N) is 2. The normalized spacial score (nSPS) is 22.8. The molecule has 1 saturated heterocycles. The first kappa shape index (κ1) is 13.3. The molecule has 3 nitrogen and oxygen atoms in total. The van der Waals surface area contributed by atoms with E-state index in [4.69, 9.17) is 4.98 Å². The van der Waals surface area contributed by atoms with E-state index in [-0.39, 0.29) is 5.82 Å². The maximum atomic E-state index is 13.4. The molecule has 112 valence electrons. The molecule has 0 amide bonds. The zero-order chi connectivity index (χ0) is 14.2. The summed E-state index contributed by atoms with van der Waals surface area (Å²) in [7, 11) is 0. The molecule has 1 atom stereocenters. The number of piperidine rings is 1. The van der Waals surface area contributed by atoms with Crippen LogP contribution in [0.15, 0.2) is 18.2 Å². The van der Waals surface area contributed by atoms with Crippen LogP contribution >= 0.6 is 0 Å². The van der Waals surface area contributed by atoms with Crippen LogP contribution in [0.2, 0.25) is 0 Å². The van der Waals surface area contributed by atoms with Crippen molar-refractivity contribution in [2.24, 2.45) is 0 Å². The van der Waals surface area contributed by atoms with Gasteiger partial charge < -0.3 is 9.88 Å². The van der Waals surface area contributed by atoms with E-state index in [0.717, 1.165) is 36.2 Å². The van der Waals surface area contributed by atoms with Crippen LogP contribution in [0.4, 0.5) is 4.39 Å². The second-order valence-electron chi connectivity index (χ2n) is 6.45. The summed E-state index contributed by atoms with van der Waals surface area (Å²) in [6.07, 6.45) is 8.51. The van der Waals surface area contributed by atoms with Crippen LogP contribution in [0, 0.1) is 5.82 Å². The van der Waals surface area contributed by atoms with Crippen molar-refractivity contribution in [3.05, 3.63) is 29.8 Å². The summed E-state index contributed by atoms with van der Waals surface area (Å²) >= 11 is 0. The summed E-state index contributed by atoms with van der Waals surface area (Å²) in [5.41, 5.74) is 1.92. The predicted molar refractivity (Wildman–Crippen MR) is 81.9 cm³/mol. The molecule has 1 N–H and O–H groups in total. The van der Waals surface area contributed by atoms with Crippen LogP contribution in [0.3, 0.4) is 0 Å². The molecule has 1 unspecified atom stereocenters. The lowest BCUT2D eigenvalue weighted by molar-refractivity contribution is 0.379. The maximum Gasteiger partial charge on any atom is 0.125 e. The zero-order valence-corrected chi connectivity index (χ0v) is 12.3. The summed E-state index contributed by atoms with van der Waals surface area (Å²) in [5.74, 6) is 0.953. The highest BCUT2D eigenvalue weighted by molar-refractivity contribution is 5.76. The van der Waals surface area contributed by atoms with Gasteiger partial charge >= 0.3 is 0 Å². The molecule has 21 heavy (non-hydrogen) atoms. The van der Waals surface area contributed by atoms with Crippen LogP contribution in [0.5, 0.6) is 0 Å². The monoisotopic (exact) mass is 287 g/mol. The van der Waals surface area contributed by atoms with E-state index in [2.05, 4.69) is 9.88 Å². The van der Waals surface area contributed by atoms with Gasteiger partial charge in [0.2, 0.25) is 0 Å². The average Bonchev–Trinajstić information content (AvgIpc) is 3.27. The van der Waals surface area contributed by atoms with E-state index in [1.807, 2.05) is 6.07 Å². The molecule has 1 aliphatic heterocycles. The zero-order valence-electron chi connectivity index (χ0n) is 12.3. The first-order chi connectivity index (χ1) is 10.3. The summed E-state index contributed by atoms with van der Waals surface area (Å²) in [5, 5.41) is 3.60. The van der Waals surface area contributed by atoms with Gasteiger partial charge in [0.05, 0.1) is 11.0 Å². The minimum atomic E-state index is -0.191. The van der Waals surface area contributed by atoms with Crippen LogP contribution in [0.25, 0.3) is 11.0 Å². The first-order valence-electron chi connectivity index (χ1n) is 8.21. The second kappa shape index (κ2) is 5.41. The van der Waals surface area contributed by atoms with Gasteiger partial charge in [-0.05, 0) is 50.8 Å². The molecule has 2 aliphatic rings. The van der Waals surface area contributed by atoms with E-state index in [0.29, 0.717) is 12.1 Å². The van der Waals surface area contributed by atoms with E-state index in [9.17, 15) is 4.39 Å². The summed E-state index contributed by atoms with van der Waals surface area (Å²) in [6.45, 7) is 1.15. The van der Waals surface area contributed by atoms with Crippen molar-refractivity contribution in [1.29, 1.82) is 0 Å². The smallest absolute Gasteiger partial charge is 0.125 e. The Hall–Kier alpha value is -1.42. The highest BCUT2D eigenvalue weighted by Crippen LogP contribution is 2.39. The molecule has 1 aliphatic carbocycles. The van der Waals surface area contributed by atoms with Crippen molar-refractivity contribution in [2.45, 2.75) is 57.0 Å². The van der Waals surface area contributed by atoms with Gasteiger partial charge in [0.1, 0.15) is 11.6 Å². The Balaban J connectivity index is 1.59. The summed E-state index contributed by atoms with van der Waals surface area (Å²) in [6, 6.07) is 6.22. The number of hydrogen-bond acceptors (Lipinski definition) is 2. The van der Waals surface area contributed by atoms with E-state index >= 15 is 0 Å². The van der Waals surface area contributed by atoms with Gasteiger partial charge in [-0.1, -0.05) is 6.42 Å². The Kier molecular flexibility index (Phi) is 3.42. The van der Waals surface area contributed by atoms with Crippen molar-refractivity contribution >= 4 is 11.0 Å². The van der Waals surface area contributed by atoms with E-state index in [1.54, 1.807) is 12.1 Å². The van der Waals surface area contributed by atoms with Gasteiger partial charge in [0.15, 0.2) is 0 Å². The Bertz CT molecular complexity index is 639. The Morgan fingerprint density at radius 3 is 2.90 bits per heavy atom. The first-order valence-corrected chi connectivity index (χ1v) is 8.21. The van der Waals surface area contributed by atoms with Crippen LogP contribution in [0.1, 0.15) is 50.4 Å². The molecule has 2 fully saturated rings. The number of aromatic nitrogens is 2. The fourth-order valence-electron chi connectivity index (χ4n) is 3.51. The molecule has 4 rings (SSSR count).